The van der Waals surface area contributed by atoms with Crippen LogP contribution < -0.4 is 10.7 Å². The highest BCUT2D eigenvalue weighted by atomic mass is 16.2. The normalized spacial score (nSPS) is 13.2. The number of hydrogen-bond acceptors (Lipinski definition) is 2. The van der Waals surface area contributed by atoms with Gasteiger partial charge >= 0.3 is 6.03 Å². The fourth-order valence-electron chi connectivity index (χ4n) is 1.16. The third kappa shape index (κ3) is 1.26. The molecule has 0 unspecified atom stereocenters. The number of benzene rings is 1. The average molecular weight is 174 g/mol. The number of hydrogen-bond donors (Lipinski definition) is 0. The van der Waals surface area contributed by atoms with Gasteiger partial charge in [-0.15, -0.1) is 0 Å². The van der Waals surface area contributed by atoms with E-state index in [1.807, 2.05) is 0 Å². The van der Waals surface area contributed by atoms with Crippen LogP contribution >= 0.6 is 0 Å². The largest absolute Gasteiger partial charge is 0.368 e. The van der Waals surface area contributed by atoms with Crippen molar-refractivity contribution in [3.63, 3.8) is 0 Å². The zero-order valence-corrected chi connectivity index (χ0v) is 6.94. The molecule has 64 valence electrons. The van der Waals surface area contributed by atoms with Gasteiger partial charge in [0.15, 0.2) is 5.78 Å². The molecular weight excluding hydrogens is 168 g/mol. The minimum Gasteiger partial charge on any atom is -0.295 e. The highest BCUT2D eigenvalue weighted by Gasteiger charge is 2.06. The van der Waals surface area contributed by atoms with Crippen LogP contribution in [0.1, 0.15) is 17.3 Å². The fourth-order valence-corrected chi connectivity index (χ4v) is 1.16. The topological polar surface area (TPSA) is 58.9 Å². The quantitative estimate of drug-likeness (QED) is 0.573. The van der Waals surface area contributed by atoms with Gasteiger partial charge in [-0.05, 0) is 25.1 Å². The molecule has 0 radical (unpaired) electrons. The molecule has 0 aliphatic carbocycles. The van der Waals surface area contributed by atoms with Crippen LogP contribution in [-0.4, -0.2) is 11.8 Å². The number of Topliss-reactive ketones (excluding diaryl/α,β-unsaturated/α-hetero) is 1. The van der Waals surface area contributed by atoms with Crippen LogP contribution in [0, 0.1) is 0 Å². The van der Waals surface area contributed by atoms with E-state index in [1.165, 1.54) is 6.92 Å². The molecule has 1 heterocycles. The van der Waals surface area contributed by atoms with Crippen molar-refractivity contribution in [2.45, 2.75) is 6.92 Å². The summed E-state index contributed by atoms with van der Waals surface area (Å²) in [6, 6.07) is 4.33. The minimum absolute atomic E-state index is 0.0441. The number of urea groups is 1. The van der Waals surface area contributed by atoms with Crippen LogP contribution in [0.3, 0.4) is 0 Å². The molecule has 2 rings (SSSR count). The zero-order chi connectivity index (χ0) is 9.42. The maximum atomic E-state index is 11.0. The second-order valence-electron chi connectivity index (χ2n) is 2.77. The minimum atomic E-state index is -0.504. The lowest BCUT2D eigenvalue weighted by molar-refractivity contribution is 0.101. The third-order valence-corrected chi connectivity index (χ3v) is 1.81. The molecule has 2 amide bonds. The van der Waals surface area contributed by atoms with Gasteiger partial charge in [0.2, 0.25) is 0 Å². The Morgan fingerprint density at radius 3 is 2.62 bits per heavy atom. The van der Waals surface area contributed by atoms with Crippen molar-refractivity contribution < 1.29 is 9.59 Å². The first kappa shape index (κ1) is 7.79. The van der Waals surface area contributed by atoms with Crippen LogP contribution in [-0.2, 0) is 0 Å². The van der Waals surface area contributed by atoms with Gasteiger partial charge in [0, 0.05) is 5.56 Å². The molecule has 0 spiro atoms. The van der Waals surface area contributed by atoms with Gasteiger partial charge in [-0.3, -0.25) is 4.79 Å². The molecule has 1 aromatic carbocycles. The second kappa shape index (κ2) is 2.58. The lowest BCUT2D eigenvalue weighted by Crippen LogP contribution is -2.22. The summed E-state index contributed by atoms with van der Waals surface area (Å²) >= 11 is 0. The van der Waals surface area contributed by atoms with E-state index in [4.69, 9.17) is 0 Å². The van der Waals surface area contributed by atoms with Crippen molar-refractivity contribution in [3.05, 3.63) is 34.5 Å². The van der Waals surface area contributed by atoms with Crippen LogP contribution in [0.2, 0.25) is 0 Å². The summed E-state index contributed by atoms with van der Waals surface area (Å²) in [5.74, 6) is -0.0441. The summed E-state index contributed by atoms with van der Waals surface area (Å²) in [7, 11) is 0. The summed E-state index contributed by atoms with van der Waals surface area (Å²) in [4.78, 5) is 29.0. The van der Waals surface area contributed by atoms with Crippen molar-refractivity contribution in [1.29, 1.82) is 0 Å². The SMILES string of the molecule is CC(=O)c1ccc2c(c1)=NC(=O)N=2. The molecule has 0 fully saturated rings. The van der Waals surface area contributed by atoms with Gasteiger partial charge in [-0.25, -0.2) is 4.79 Å². The van der Waals surface area contributed by atoms with E-state index in [1.54, 1.807) is 18.2 Å². The van der Waals surface area contributed by atoms with E-state index in [2.05, 4.69) is 9.98 Å². The van der Waals surface area contributed by atoms with Gasteiger partial charge in [0.25, 0.3) is 0 Å². The molecule has 0 bridgehead atoms. The smallest absolute Gasteiger partial charge is 0.295 e. The Kier molecular flexibility index (Phi) is 1.55. The first-order valence-electron chi connectivity index (χ1n) is 3.79. The summed E-state index contributed by atoms with van der Waals surface area (Å²) in [6.07, 6.45) is 0. The van der Waals surface area contributed by atoms with Crippen molar-refractivity contribution in [2.24, 2.45) is 9.98 Å². The molecule has 13 heavy (non-hydrogen) atoms. The molecule has 0 N–H and O–H groups in total. The van der Waals surface area contributed by atoms with Crippen molar-refractivity contribution in [2.75, 3.05) is 0 Å². The molecule has 0 saturated heterocycles. The number of fused-ring (bicyclic) bond motifs is 1. The van der Waals surface area contributed by atoms with Crippen molar-refractivity contribution >= 4 is 11.8 Å². The van der Waals surface area contributed by atoms with Gasteiger partial charge in [0.05, 0.1) is 10.7 Å². The highest BCUT2D eigenvalue weighted by molar-refractivity contribution is 5.94. The second-order valence-corrected chi connectivity index (χ2v) is 2.77. The van der Waals surface area contributed by atoms with E-state index < -0.39 is 6.03 Å². The van der Waals surface area contributed by atoms with E-state index in [0.717, 1.165) is 0 Å². The monoisotopic (exact) mass is 174 g/mol. The number of ketones is 1. The van der Waals surface area contributed by atoms with E-state index >= 15 is 0 Å². The Morgan fingerprint density at radius 2 is 1.92 bits per heavy atom. The van der Waals surface area contributed by atoms with Crippen LogP contribution in [0.15, 0.2) is 28.2 Å². The van der Waals surface area contributed by atoms with Gasteiger partial charge in [-0.1, -0.05) is 0 Å². The molecule has 4 nitrogen and oxygen atoms in total. The summed E-state index contributed by atoms with van der Waals surface area (Å²) < 4.78 is 0. The molecule has 1 aromatic rings. The molecule has 0 aromatic heterocycles. The third-order valence-electron chi connectivity index (χ3n) is 1.81. The first-order valence-corrected chi connectivity index (χ1v) is 3.79. The van der Waals surface area contributed by atoms with Crippen molar-refractivity contribution in [3.8, 4) is 0 Å². The Labute approximate surface area is 73.6 Å². The number of carbonyl (C=O) groups excluding carboxylic acids is 2. The van der Waals surface area contributed by atoms with Crippen LogP contribution in [0.25, 0.3) is 0 Å². The number of nitrogens with zero attached hydrogens (tertiary/aromatic N) is 2. The number of amides is 2. The fraction of sp³-hybridized carbons (Fsp3) is 0.111. The Morgan fingerprint density at radius 1 is 1.23 bits per heavy atom. The zero-order valence-electron chi connectivity index (χ0n) is 6.94. The summed E-state index contributed by atoms with van der Waals surface area (Å²) in [5, 5.41) is 1.02. The molecule has 4 heteroatoms. The lowest BCUT2D eigenvalue weighted by Gasteiger charge is -1.90. The van der Waals surface area contributed by atoms with Crippen LogP contribution in [0.5, 0.6) is 0 Å². The Balaban J connectivity index is 2.73. The van der Waals surface area contributed by atoms with Gasteiger partial charge in [-0.2, -0.15) is 9.98 Å². The predicted octanol–water partition coefficient (Wildman–Crippen LogP) is 0.262. The van der Waals surface area contributed by atoms with Crippen molar-refractivity contribution in [1.82, 2.24) is 0 Å². The van der Waals surface area contributed by atoms with E-state index in [9.17, 15) is 9.59 Å². The maximum absolute atomic E-state index is 11.0. The first-order chi connectivity index (χ1) is 6.16. The predicted molar refractivity (Wildman–Crippen MR) is 44.2 cm³/mol. The molecule has 1 aliphatic heterocycles. The molecule has 0 saturated carbocycles. The Hall–Kier alpha value is -1.84. The number of rotatable bonds is 1. The lowest BCUT2D eigenvalue weighted by atomic mass is 10.1. The molecular formula is C9H6N2O2. The van der Waals surface area contributed by atoms with Gasteiger partial charge in [0.1, 0.15) is 0 Å². The Bertz CT molecular complexity index is 517. The van der Waals surface area contributed by atoms with Gasteiger partial charge < -0.3 is 0 Å². The maximum Gasteiger partial charge on any atom is 0.368 e. The number of carbonyl (C=O) groups is 2. The van der Waals surface area contributed by atoms with E-state index in [0.29, 0.717) is 16.3 Å². The molecule has 0 atom stereocenters. The standard InChI is InChI=1S/C9H6N2O2/c1-5(12)6-2-3-7-8(4-6)11-9(13)10-7/h2-4H,1H3. The van der Waals surface area contributed by atoms with E-state index in [-0.39, 0.29) is 5.78 Å². The molecule has 1 aliphatic rings. The summed E-state index contributed by atoms with van der Waals surface area (Å²) in [5.41, 5.74) is 0.549. The highest BCUT2D eigenvalue weighted by Crippen LogP contribution is 1.94. The average Bonchev–Trinajstić information content (AvgIpc) is 2.42. The summed E-state index contributed by atoms with van der Waals surface area (Å²) in [6.45, 7) is 1.47. The van der Waals surface area contributed by atoms with Crippen LogP contribution in [0.4, 0.5) is 4.79 Å².